The molecule has 0 bridgehead atoms. The first kappa shape index (κ1) is 25.3. The quantitative estimate of drug-likeness (QED) is 0.165. The third kappa shape index (κ3) is 11.8. The molecule has 5 nitrogen and oxygen atoms in total. The Morgan fingerprint density at radius 1 is 1.15 bits per heavy atom. The normalized spacial score (nSPS) is 10.8. The Bertz CT molecular complexity index is 544. The smallest absolute Gasteiger partial charge is 0.243 e. The van der Waals surface area contributed by atoms with Crippen LogP contribution in [0.3, 0.4) is 0 Å². The van der Waals surface area contributed by atoms with Crippen LogP contribution in [0.15, 0.2) is 34.2 Å². The van der Waals surface area contributed by atoms with Crippen LogP contribution >= 0.6 is 47.5 Å². The van der Waals surface area contributed by atoms with Crippen LogP contribution in [-0.2, 0) is 4.79 Å². The number of hydrogen-bond donors (Lipinski definition) is 2. The van der Waals surface area contributed by atoms with Crippen LogP contribution in [0.4, 0.5) is 4.39 Å². The molecule has 26 heavy (non-hydrogen) atoms. The van der Waals surface area contributed by atoms with E-state index in [9.17, 15) is 9.18 Å². The number of aliphatic imine (C=N–C) groups is 1. The van der Waals surface area contributed by atoms with Crippen molar-refractivity contribution in [1.82, 2.24) is 15.5 Å². The molecular weight excluding hydrogens is 486 g/mol. The average molecular weight is 514 g/mol. The highest BCUT2D eigenvalue weighted by Crippen LogP contribution is 2.18. The molecule has 1 aromatic rings. The summed E-state index contributed by atoms with van der Waals surface area (Å²) in [5, 5.41) is 6.48. The molecule has 0 radical (unpaired) electrons. The molecule has 1 aromatic carbocycles. The first-order valence-corrected chi connectivity index (χ1v) is 10.5. The molecule has 0 aromatic heterocycles. The van der Waals surface area contributed by atoms with Crippen LogP contribution in [-0.4, -0.2) is 68.3 Å². The van der Waals surface area contributed by atoms with Crippen LogP contribution in [0.5, 0.6) is 0 Å². The number of rotatable bonds is 10. The van der Waals surface area contributed by atoms with Gasteiger partial charge in [-0.2, -0.15) is 11.8 Å². The van der Waals surface area contributed by atoms with Gasteiger partial charge in [0.25, 0.3) is 0 Å². The minimum Gasteiger partial charge on any atom is -0.356 e. The molecule has 148 valence electrons. The van der Waals surface area contributed by atoms with Gasteiger partial charge < -0.3 is 15.5 Å². The highest BCUT2D eigenvalue weighted by molar-refractivity contribution is 14.0. The lowest BCUT2D eigenvalue weighted by Crippen LogP contribution is -2.40. The van der Waals surface area contributed by atoms with Crippen molar-refractivity contribution < 1.29 is 9.18 Å². The van der Waals surface area contributed by atoms with Gasteiger partial charge in [0.2, 0.25) is 5.91 Å². The Kier molecular flexibility index (Phi) is 15.0. The maximum Gasteiger partial charge on any atom is 0.243 e. The number of nitrogens with zero attached hydrogens (tertiary/aromatic N) is 2. The molecule has 0 fully saturated rings. The van der Waals surface area contributed by atoms with Crippen molar-refractivity contribution in [3.05, 3.63) is 30.1 Å². The molecule has 0 spiro atoms. The third-order valence-corrected chi connectivity index (χ3v) is 4.88. The van der Waals surface area contributed by atoms with E-state index in [-0.39, 0.29) is 42.2 Å². The molecule has 0 aliphatic heterocycles. The minimum absolute atomic E-state index is 0. The van der Waals surface area contributed by atoms with E-state index >= 15 is 0 Å². The van der Waals surface area contributed by atoms with Crippen molar-refractivity contribution in [2.24, 2.45) is 4.99 Å². The summed E-state index contributed by atoms with van der Waals surface area (Å²) in [5.41, 5.74) is 0. The first-order chi connectivity index (χ1) is 12.0. The van der Waals surface area contributed by atoms with Crippen molar-refractivity contribution in [3.8, 4) is 0 Å². The number of halogens is 2. The van der Waals surface area contributed by atoms with E-state index in [1.165, 1.54) is 17.0 Å². The van der Waals surface area contributed by atoms with Crippen molar-refractivity contribution in [3.63, 3.8) is 0 Å². The minimum atomic E-state index is -0.213. The van der Waals surface area contributed by atoms with E-state index in [2.05, 4.69) is 15.6 Å². The van der Waals surface area contributed by atoms with Crippen molar-refractivity contribution in [2.45, 2.75) is 11.3 Å². The molecule has 0 atom stereocenters. The van der Waals surface area contributed by atoms with E-state index in [1.54, 1.807) is 49.8 Å². The molecule has 1 amide bonds. The molecule has 0 aliphatic carbocycles. The van der Waals surface area contributed by atoms with Gasteiger partial charge in [0, 0.05) is 37.8 Å². The first-order valence-electron chi connectivity index (χ1n) is 8.12. The molecule has 2 N–H and O–H groups in total. The Morgan fingerprint density at radius 3 is 2.42 bits per heavy atom. The maximum absolute atomic E-state index is 12.9. The van der Waals surface area contributed by atoms with Gasteiger partial charge in [0.15, 0.2) is 5.96 Å². The third-order valence-electron chi connectivity index (χ3n) is 3.17. The van der Waals surface area contributed by atoms with E-state index in [4.69, 9.17) is 0 Å². The van der Waals surface area contributed by atoms with E-state index in [0.717, 1.165) is 35.9 Å². The molecule has 0 saturated heterocycles. The van der Waals surface area contributed by atoms with Gasteiger partial charge in [-0.05, 0) is 42.7 Å². The molecule has 1 rings (SSSR count). The Balaban J connectivity index is 0.00000625. The van der Waals surface area contributed by atoms with Gasteiger partial charge in [-0.25, -0.2) is 9.38 Å². The lowest BCUT2D eigenvalue weighted by molar-refractivity contribution is -0.127. The average Bonchev–Trinajstić information content (AvgIpc) is 2.60. The van der Waals surface area contributed by atoms with Crippen LogP contribution in [0.2, 0.25) is 0 Å². The van der Waals surface area contributed by atoms with Crippen LogP contribution in [0.1, 0.15) is 6.42 Å². The lowest BCUT2D eigenvalue weighted by atomic mass is 10.4. The number of amides is 1. The second kappa shape index (κ2) is 15.4. The Morgan fingerprint density at radius 2 is 1.81 bits per heavy atom. The Labute approximate surface area is 181 Å². The van der Waals surface area contributed by atoms with Crippen LogP contribution in [0.25, 0.3) is 0 Å². The van der Waals surface area contributed by atoms with Crippen molar-refractivity contribution >= 4 is 59.4 Å². The molecule has 0 aliphatic rings. The number of carbonyl (C=O) groups excluding carboxylic acids is 1. The summed E-state index contributed by atoms with van der Waals surface area (Å²) >= 11 is 3.45. The molecule has 0 unspecified atom stereocenters. The number of likely N-dealkylation sites (N-methyl/N-ethyl adjacent to an activating group) is 1. The van der Waals surface area contributed by atoms with E-state index in [0.29, 0.717) is 5.96 Å². The van der Waals surface area contributed by atoms with E-state index in [1.807, 2.05) is 6.26 Å². The Hall–Kier alpha value is -0.680. The summed E-state index contributed by atoms with van der Waals surface area (Å²) < 4.78 is 12.9. The van der Waals surface area contributed by atoms with Crippen molar-refractivity contribution in [2.75, 3.05) is 51.5 Å². The standard InChI is InChI=1S/C17H27FN4OS2.HI/c1-22(2)16(23)13-21-17(20-10-12-24-3)19-9-4-11-25-15-7-5-14(18)6-8-15;/h5-8H,4,9-13H2,1-3H3,(H2,19,20,21);1H. The highest BCUT2D eigenvalue weighted by Gasteiger charge is 2.04. The van der Waals surface area contributed by atoms with Gasteiger partial charge in [0.1, 0.15) is 12.4 Å². The van der Waals surface area contributed by atoms with E-state index < -0.39 is 0 Å². The molecule has 0 saturated carbocycles. The molecule has 0 heterocycles. The van der Waals surface area contributed by atoms with Gasteiger partial charge in [0.05, 0.1) is 0 Å². The lowest BCUT2D eigenvalue weighted by Gasteiger charge is -2.13. The largest absolute Gasteiger partial charge is 0.356 e. The monoisotopic (exact) mass is 514 g/mol. The highest BCUT2D eigenvalue weighted by atomic mass is 127. The number of benzene rings is 1. The second-order valence-electron chi connectivity index (χ2n) is 5.46. The van der Waals surface area contributed by atoms with Crippen LogP contribution < -0.4 is 10.6 Å². The zero-order valence-electron chi connectivity index (χ0n) is 15.5. The fourth-order valence-corrected chi connectivity index (χ4v) is 2.89. The fourth-order valence-electron chi connectivity index (χ4n) is 1.73. The summed E-state index contributed by atoms with van der Waals surface area (Å²) in [5.74, 6) is 2.32. The number of nitrogens with one attached hydrogen (secondary N) is 2. The number of thioether (sulfide) groups is 2. The summed E-state index contributed by atoms with van der Waals surface area (Å²) in [4.78, 5) is 18.6. The predicted octanol–water partition coefficient (Wildman–Crippen LogP) is 2.91. The van der Waals surface area contributed by atoms with Crippen molar-refractivity contribution in [1.29, 1.82) is 0 Å². The summed E-state index contributed by atoms with van der Waals surface area (Å²) in [6.07, 6.45) is 2.99. The SMILES string of the molecule is CSCCNC(=NCC(=O)N(C)C)NCCCSc1ccc(F)cc1.I. The topological polar surface area (TPSA) is 56.7 Å². The van der Waals surface area contributed by atoms with Gasteiger partial charge in [-0.3, -0.25) is 4.79 Å². The summed E-state index contributed by atoms with van der Waals surface area (Å²) in [6, 6.07) is 6.53. The zero-order valence-corrected chi connectivity index (χ0v) is 19.4. The summed E-state index contributed by atoms with van der Waals surface area (Å²) in [7, 11) is 3.44. The number of carbonyl (C=O) groups is 1. The maximum atomic E-state index is 12.9. The second-order valence-corrected chi connectivity index (χ2v) is 7.61. The zero-order chi connectivity index (χ0) is 18.5. The fraction of sp³-hybridized carbons (Fsp3) is 0.529. The molecular formula is C17H28FIN4OS2. The van der Waals surface area contributed by atoms with Gasteiger partial charge >= 0.3 is 0 Å². The van der Waals surface area contributed by atoms with Gasteiger partial charge in [-0.15, -0.1) is 35.7 Å². The van der Waals surface area contributed by atoms with Crippen LogP contribution in [0, 0.1) is 5.82 Å². The van der Waals surface area contributed by atoms with Gasteiger partial charge in [-0.1, -0.05) is 0 Å². The summed E-state index contributed by atoms with van der Waals surface area (Å²) in [6.45, 7) is 1.69. The number of hydrogen-bond acceptors (Lipinski definition) is 4. The number of guanidine groups is 1. The molecule has 9 heteroatoms. The predicted molar refractivity (Wildman–Crippen MR) is 123 cm³/mol.